The van der Waals surface area contributed by atoms with Gasteiger partial charge >= 0.3 is 0 Å². The van der Waals surface area contributed by atoms with Crippen LogP contribution in [0.2, 0.25) is 0 Å². The van der Waals surface area contributed by atoms with Gasteiger partial charge in [-0.1, -0.05) is 13.8 Å². The molecule has 3 amide bonds. The Morgan fingerprint density at radius 3 is 2.38 bits per heavy atom. The zero-order chi connectivity index (χ0) is 20.8. The minimum atomic E-state index is -0.261. The number of benzene rings is 2. The van der Waals surface area contributed by atoms with E-state index in [1.807, 2.05) is 0 Å². The first-order chi connectivity index (χ1) is 14.0. The Labute approximate surface area is 170 Å². The predicted molar refractivity (Wildman–Crippen MR) is 113 cm³/mol. The van der Waals surface area contributed by atoms with Crippen LogP contribution in [-0.2, 0) is 11.2 Å². The van der Waals surface area contributed by atoms with E-state index in [1.165, 1.54) is 0 Å². The Balaban J connectivity index is 1.55. The summed E-state index contributed by atoms with van der Waals surface area (Å²) in [7, 11) is 0. The second-order valence-electron chi connectivity index (χ2n) is 6.91. The van der Waals surface area contributed by atoms with Gasteiger partial charge in [-0.05, 0) is 61.1 Å². The van der Waals surface area contributed by atoms with Crippen molar-refractivity contribution < 1.29 is 14.4 Å². The first-order valence-electron chi connectivity index (χ1n) is 9.85. The van der Waals surface area contributed by atoms with Crippen LogP contribution in [0.4, 0.5) is 11.4 Å². The van der Waals surface area contributed by atoms with Crippen molar-refractivity contribution in [3.05, 3.63) is 59.2 Å². The summed E-state index contributed by atoms with van der Waals surface area (Å²) >= 11 is 0. The van der Waals surface area contributed by atoms with Crippen molar-refractivity contribution in [1.82, 2.24) is 10.2 Å². The molecule has 0 fully saturated rings. The van der Waals surface area contributed by atoms with Crippen LogP contribution in [-0.4, -0.2) is 48.8 Å². The maximum absolute atomic E-state index is 12.5. The molecule has 1 aliphatic rings. The molecule has 7 nitrogen and oxygen atoms in total. The molecule has 3 N–H and O–H groups in total. The van der Waals surface area contributed by atoms with Gasteiger partial charge in [0.25, 0.3) is 11.8 Å². The molecule has 29 heavy (non-hydrogen) atoms. The number of amides is 3. The van der Waals surface area contributed by atoms with Crippen molar-refractivity contribution in [2.24, 2.45) is 0 Å². The molecule has 0 aliphatic carbocycles. The van der Waals surface area contributed by atoms with E-state index in [1.54, 1.807) is 42.5 Å². The second kappa shape index (κ2) is 9.34. The SMILES string of the molecule is CCN(CC)CCNC(=O)c1ccc(NC(=O)c2ccc3c(c2)CC(=O)N3)cc1. The van der Waals surface area contributed by atoms with Gasteiger partial charge in [0.05, 0.1) is 6.42 Å². The number of likely N-dealkylation sites (N-methyl/N-ethyl adjacent to an activating group) is 1. The number of fused-ring (bicyclic) bond motifs is 1. The van der Waals surface area contributed by atoms with Crippen molar-refractivity contribution in [1.29, 1.82) is 0 Å². The number of carbonyl (C=O) groups excluding carboxylic acids is 3. The maximum atomic E-state index is 12.5. The molecule has 2 aromatic rings. The Morgan fingerprint density at radius 2 is 1.69 bits per heavy atom. The Kier molecular flexibility index (Phi) is 6.61. The molecule has 2 aromatic carbocycles. The van der Waals surface area contributed by atoms with Gasteiger partial charge in [0, 0.05) is 35.6 Å². The fourth-order valence-electron chi connectivity index (χ4n) is 3.25. The quantitative estimate of drug-likeness (QED) is 0.642. The van der Waals surface area contributed by atoms with Crippen molar-refractivity contribution in [2.75, 3.05) is 36.8 Å². The zero-order valence-electron chi connectivity index (χ0n) is 16.7. The van der Waals surface area contributed by atoms with Gasteiger partial charge in [0.2, 0.25) is 5.91 Å². The summed E-state index contributed by atoms with van der Waals surface area (Å²) in [4.78, 5) is 38.4. The van der Waals surface area contributed by atoms with Gasteiger partial charge in [-0.3, -0.25) is 14.4 Å². The van der Waals surface area contributed by atoms with E-state index < -0.39 is 0 Å². The summed E-state index contributed by atoms with van der Waals surface area (Å²) in [5, 5.41) is 8.47. The molecule has 0 atom stereocenters. The number of nitrogens with one attached hydrogen (secondary N) is 3. The smallest absolute Gasteiger partial charge is 0.255 e. The average molecular weight is 394 g/mol. The molecule has 0 bridgehead atoms. The van der Waals surface area contributed by atoms with E-state index >= 15 is 0 Å². The van der Waals surface area contributed by atoms with Crippen LogP contribution in [0.1, 0.15) is 40.1 Å². The first-order valence-corrected chi connectivity index (χ1v) is 9.85. The third-order valence-electron chi connectivity index (χ3n) is 5.01. The summed E-state index contributed by atoms with van der Waals surface area (Å²) in [6.45, 7) is 7.51. The molecular formula is C22H26N4O3. The number of nitrogens with zero attached hydrogens (tertiary/aromatic N) is 1. The highest BCUT2D eigenvalue weighted by molar-refractivity contribution is 6.06. The molecule has 1 heterocycles. The molecule has 152 valence electrons. The largest absolute Gasteiger partial charge is 0.351 e. The van der Waals surface area contributed by atoms with E-state index in [9.17, 15) is 14.4 Å². The molecule has 3 rings (SSSR count). The van der Waals surface area contributed by atoms with Crippen LogP contribution in [0.3, 0.4) is 0 Å². The summed E-state index contributed by atoms with van der Waals surface area (Å²) < 4.78 is 0. The van der Waals surface area contributed by atoms with Crippen molar-refractivity contribution in [2.45, 2.75) is 20.3 Å². The normalized spacial score (nSPS) is 12.4. The van der Waals surface area contributed by atoms with E-state index in [-0.39, 0.29) is 24.1 Å². The lowest BCUT2D eigenvalue weighted by Crippen LogP contribution is -2.34. The molecule has 0 saturated heterocycles. The summed E-state index contributed by atoms with van der Waals surface area (Å²) in [5.74, 6) is -0.460. The van der Waals surface area contributed by atoms with Crippen LogP contribution in [0.5, 0.6) is 0 Å². The standard InChI is InChI=1S/C22H26N4O3/c1-3-26(4-2)12-11-23-21(28)15-5-8-18(9-6-15)24-22(29)16-7-10-19-17(13-16)14-20(27)25-19/h5-10,13H,3-4,11-12,14H2,1-2H3,(H,23,28)(H,24,29)(H,25,27). The van der Waals surface area contributed by atoms with Crippen molar-refractivity contribution >= 4 is 29.1 Å². The summed E-state index contributed by atoms with van der Waals surface area (Å²) in [6, 6.07) is 11.9. The highest BCUT2D eigenvalue weighted by atomic mass is 16.2. The fourth-order valence-corrected chi connectivity index (χ4v) is 3.25. The number of carbonyl (C=O) groups is 3. The van der Waals surface area contributed by atoms with Crippen LogP contribution in [0.25, 0.3) is 0 Å². The van der Waals surface area contributed by atoms with Gasteiger partial charge < -0.3 is 20.9 Å². The summed E-state index contributed by atoms with van der Waals surface area (Å²) in [6.07, 6.45) is 0.286. The van der Waals surface area contributed by atoms with Crippen LogP contribution in [0.15, 0.2) is 42.5 Å². The number of anilines is 2. The average Bonchev–Trinajstić information content (AvgIpc) is 3.10. The van der Waals surface area contributed by atoms with Gasteiger partial charge in [0.15, 0.2) is 0 Å². The predicted octanol–water partition coefficient (Wildman–Crippen LogP) is 2.51. The van der Waals surface area contributed by atoms with Crippen LogP contribution >= 0.6 is 0 Å². The second-order valence-corrected chi connectivity index (χ2v) is 6.91. The molecule has 0 unspecified atom stereocenters. The Morgan fingerprint density at radius 1 is 1.00 bits per heavy atom. The van der Waals surface area contributed by atoms with Gasteiger partial charge in [-0.2, -0.15) is 0 Å². The number of hydrogen-bond acceptors (Lipinski definition) is 4. The monoisotopic (exact) mass is 394 g/mol. The van der Waals surface area contributed by atoms with Crippen LogP contribution < -0.4 is 16.0 Å². The lowest BCUT2D eigenvalue weighted by Gasteiger charge is -2.18. The van der Waals surface area contributed by atoms with Gasteiger partial charge in [-0.25, -0.2) is 0 Å². The lowest BCUT2D eigenvalue weighted by atomic mass is 10.1. The maximum Gasteiger partial charge on any atom is 0.255 e. The van der Waals surface area contributed by atoms with E-state index in [0.717, 1.165) is 30.9 Å². The third-order valence-corrected chi connectivity index (χ3v) is 5.01. The third kappa shape index (κ3) is 5.20. The zero-order valence-corrected chi connectivity index (χ0v) is 16.7. The first kappa shape index (κ1) is 20.5. The topological polar surface area (TPSA) is 90.5 Å². The molecular weight excluding hydrogens is 368 g/mol. The van der Waals surface area contributed by atoms with E-state index in [4.69, 9.17) is 0 Å². The molecule has 0 spiro atoms. The Hall–Kier alpha value is -3.19. The van der Waals surface area contributed by atoms with Crippen LogP contribution in [0, 0.1) is 0 Å². The van der Waals surface area contributed by atoms with E-state index in [2.05, 4.69) is 34.7 Å². The Bertz CT molecular complexity index is 905. The molecule has 0 aromatic heterocycles. The molecule has 0 radical (unpaired) electrons. The van der Waals surface area contributed by atoms with Crippen molar-refractivity contribution in [3.8, 4) is 0 Å². The van der Waals surface area contributed by atoms with Gasteiger partial charge in [0.1, 0.15) is 0 Å². The summed E-state index contributed by atoms with van der Waals surface area (Å²) in [5.41, 5.74) is 3.20. The minimum Gasteiger partial charge on any atom is -0.351 e. The highest BCUT2D eigenvalue weighted by Crippen LogP contribution is 2.24. The molecule has 7 heteroatoms. The molecule has 1 aliphatic heterocycles. The number of hydrogen-bond donors (Lipinski definition) is 3. The fraction of sp³-hybridized carbons (Fsp3) is 0.318. The van der Waals surface area contributed by atoms with Gasteiger partial charge in [-0.15, -0.1) is 0 Å². The minimum absolute atomic E-state index is 0.0662. The van der Waals surface area contributed by atoms with Crippen molar-refractivity contribution in [3.63, 3.8) is 0 Å². The lowest BCUT2D eigenvalue weighted by molar-refractivity contribution is -0.115. The number of rotatable bonds is 8. The highest BCUT2D eigenvalue weighted by Gasteiger charge is 2.19. The van der Waals surface area contributed by atoms with E-state index in [0.29, 0.717) is 23.4 Å². The molecule has 0 saturated carbocycles.